The van der Waals surface area contributed by atoms with E-state index < -0.39 is 11.8 Å². The third-order valence-electron chi connectivity index (χ3n) is 5.16. The van der Waals surface area contributed by atoms with Gasteiger partial charge in [0.25, 0.3) is 11.8 Å². The van der Waals surface area contributed by atoms with Gasteiger partial charge in [-0.15, -0.1) is 0 Å². The standard InChI is InChI=1S/C26H25FN2O4/c1-4-12-29-25(30)21(17(3)22(15-28)26(29)31)13-19-8-11-23(24(14-19)32-5-2)33-16-18-6-9-20(27)10-7-18/h6-11,13-14H,4-5,12,16H2,1-3H3/b21-13+. The molecule has 0 saturated heterocycles. The van der Waals surface area contributed by atoms with E-state index in [0.29, 0.717) is 41.2 Å². The normalized spacial score (nSPS) is 15.1. The first-order valence-electron chi connectivity index (χ1n) is 10.7. The highest BCUT2D eigenvalue weighted by atomic mass is 19.1. The smallest absolute Gasteiger partial charge is 0.271 e. The van der Waals surface area contributed by atoms with Crippen molar-refractivity contribution in [3.05, 3.63) is 76.1 Å². The van der Waals surface area contributed by atoms with Gasteiger partial charge in [-0.3, -0.25) is 14.5 Å². The second kappa shape index (κ2) is 10.6. The van der Waals surface area contributed by atoms with Crippen molar-refractivity contribution < 1.29 is 23.5 Å². The van der Waals surface area contributed by atoms with Crippen LogP contribution in [0.5, 0.6) is 11.5 Å². The number of imide groups is 1. The number of nitrogens with zero attached hydrogens (tertiary/aromatic N) is 2. The summed E-state index contributed by atoms with van der Waals surface area (Å²) in [5, 5.41) is 9.46. The van der Waals surface area contributed by atoms with E-state index in [0.717, 1.165) is 10.5 Å². The molecule has 6 nitrogen and oxygen atoms in total. The number of carbonyl (C=O) groups is 2. The minimum Gasteiger partial charge on any atom is -0.490 e. The predicted octanol–water partition coefficient (Wildman–Crippen LogP) is 4.81. The van der Waals surface area contributed by atoms with Crippen LogP contribution < -0.4 is 9.47 Å². The van der Waals surface area contributed by atoms with Crippen molar-refractivity contribution in [3.63, 3.8) is 0 Å². The Morgan fingerprint density at radius 1 is 1.03 bits per heavy atom. The molecule has 0 spiro atoms. The molecular weight excluding hydrogens is 423 g/mol. The molecule has 0 saturated carbocycles. The van der Waals surface area contributed by atoms with E-state index in [1.807, 2.05) is 19.9 Å². The quantitative estimate of drug-likeness (QED) is 0.428. The summed E-state index contributed by atoms with van der Waals surface area (Å²) in [6.07, 6.45) is 2.24. The lowest BCUT2D eigenvalue weighted by atomic mass is 9.93. The van der Waals surface area contributed by atoms with Crippen molar-refractivity contribution in [1.29, 1.82) is 5.26 Å². The Hall–Kier alpha value is -3.92. The SMILES string of the molecule is CCCN1C(=O)C(C#N)=C(C)/C(=C\c2ccc(OCc3ccc(F)cc3)c(OCC)c2)C1=O. The molecular formula is C26H25FN2O4. The zero-order valence-electron chi connectivity index (χ0n) is 18.9. The minimum absolute atomic E-state index is 0.0291. The van der Waals surface area contributed by atoms with Crippen LogP contribution in [0.25, 0.3) is 6.08 Å². The minimum atomic E-state index is -0.557. The fraction of sp³-hybridized carbons (Fsp3) is 0.269. The fourth-order valence-corrected chi connectivity index (χ4v) is 3.47. The van der Waals surface area contributed by atoms with Crippen LogP contribution in [0.1, 0.15) is 38.3 Å². The molecule has 1 heterocycles. The molecule has 1 aliphatic rings. The predicted molar refractivity (Wildman–Crippen MR) is 122 cm³/mol. The molecule has 170 valence electrons. The second-order valence-corrected chi connectivity index (χ2v) is 7.49. The third-order valence-corrected chi connectivity index (χ3v) is 5.16. The Bertz CT molecular complexity index is 1160. The number of ether oxygens (including phenoxy) is 2. The molecule has 1 aliphatic heterocycles. The van der Waals surface area contributed by atoms with Crippen molar-refractivity contribution in [2.45, 2.75) is 33.8 Å². The molecule has 0 aromatic heterocycles. The molecule has 2 aromatic rings. The first-order valence-corrected chi connectivity index (χ1v) is 10.7. The lowest BCUT2D eigenvalue weighted by molar-refractivity contribution is -0.140. The van der Waals surface area contributed by atoms with Crippen LogP contribution in [0.4, 0.5) is 4.39 Å². The molecule has 0 unspecified atom stereocenters. The van der Waals surface area contributed by atoms with Crippen LogP contribution >= 0.6 is 0 Å². The Labute approximate surface area is 192 Å². The van der Waals surface area contributed by atoms with E-state index >= 15 is 0 Å². The van der Waals surface area contributed by atoms with E-state index in [2.05, 4.69) is 0 Å². The highest BCUT2D eigenvalue weighted by molar-refractivity contribution is 6.19. The van der Waals surface area contributed by atoms with Crippen LogP contribution in [-0.2, 0) is 16.2 Å². The first-order chi connectivity index (χ1) is 15.9. The maximum atomic E-state index is 13.1. The monoisotopic (exact) mass is 448 g/mol. The third kappa shape index (κ3) is 5.29. The van der Waals surface area contributed by atoms with Crippen molar-refractivity contribution >= 4 is 17.9 Å². The van der Waals surface area contributed by atoms with Gasteiger partial charge in [0.2, 0.25) is 0 Å². The van der Waals surface area contributed by atoms with Gasteiger partial charge in [0.15, 0.2) is 11.5 Å². The number of amides is 2. The van der Waals surface area contributed by atoms with E-state index in [9.17, 15) is 19.2 Å². The Morgan fingerprint density at radius 2 is 1.76 bits per heavy atom. The molecule has 33 heavy (non-hydrogen) atoms. The van der Waals surface area contributed by atoms with Crippen LogP contribution in [0.3, 0.4) is 0 Å². The van der Waals surface area contributed by atoms with E-state index in [4.69, 9.17) is 9.47 Å². The topological polar surface area (TPSA) is 79.6 Å². The van der Waals surface area contributed by atoms with Crippen LogP contribution in [0.2, 0.25) is 0 Å². The van der Waals surface area contributed by atoms with Crippen LogP contribution in [0, 0.1) is 17.1 Å². The van der Waals surface area contributed by atoms with Gasteiger partial charge in [0.1, 0.15) is 24.1 Å². The van der Waals surface area contributed by atoms with Gasteiger partial charge in [-0.25, -0.2) is 4.39 Å². The van der Waals surface area contributed by atoms with Gasteiger partial charge in [-0.1, -0.05) is 25.1 Å². The van der Waals surface area contributed by atoms with Gasteiger partial charge in [0.05, 0.1) is 6.61 Å². The van der Waals surface area contributed by atoms with Gasteiger partial charge >= 0.3 is 0 Å². The molecule has 2 amide bonds. The Kier molecular flexibility index (Phi) is 7.62. The van der Waals surface area contributed by atoms with Gasteiger partial charge < -0.3 is 9.47 Å². The van der Waals surface area contributed by atoms with Crippen molar-refractivity contribution in [3.8, 4) is 17.6 Å². The highest BCUT2D eigenvalue weighted by Crippen LogP contribution is 2.32. The number of hydrogen-bond acceptors (Lipinski definition) is 5. The summed E-state index contributed by atoms with van der Waals surface area (Å²) in [4.78, 5) is 26.6. The van der Waals surface area contributed by atoms with Crippen LogP contribution in [0.15, 0.2) is 59.2 Å². The average molecular weight is 448 g/mol. The Morgan fingerprint density at radius 3 is 2.39 bits per heavy atom. The van der Waals surface area contributed by atoms with Crippen molar-refractivity contribution in [2.75, 3.05) is 13.2 Å². The molecule has 2 aromatic carbocycles. The van der Waals surface area contributed by atoms with E-state index in [1.165, 1.54) is 12.1 Å². The van der Waals surface area contributed by atoms with Crippen LogP contribution in [-0.4, -0.2) is 29.9 Å². The molecule has 0 radical (unpaired) electrons. The molecule has 3 rings (SSSR count). The molecule has 0 atom stereocenters. The molecule has 0 N–H and O–H groups in total. The highest BCUT2D eigenvalue weighted by Gasteiger charge is 2.34. The molecule has 0 fully saturated rings. The maximum Gasteiger partial charge on any atom is 0.271 e. The number of halogens is 1. The summed E-state index contributed by atoms with van der Waals surface area (Å²) < 4.78 is 24.7. The maximum absolute atomic E-state index is 13.1. The second-order valence-electron chi connectivity index (χ2n) is 7.49. The first kappa shape index (κ1) is 23.7. The summed E-state index contributed by atoms with van der Waals surface area (Å²) >= 11 is 0. The zero-order chi connectivity index (χ0) is 24.0. The number of benzene rings is 2. The number of hydrogen-bond donors (Lipinski definition) is 0. The van der Waals surface area contributed by atoms with Gasteiger partial charge in [-0.05, 0) is 67.3 Å². The number of carbonyl (C=O) groups excluding carboxylic acids is 2. The van der Waals surface area contributed by atoms with E-state index in [-0.39, 0.29) is 24.5 Å². The van der Waals surface area contributed by atoms with Gasteiger partial charge in [-0.2, -0.15) is 5.26 Å². The average Bonchev–Trinajstić information content (AvgIpc) is 2.80. The summed E-state index contributed by atoms with van der Waals surface area (Å²) in [5.74, 6) is -0.301. The molecule has 0 bridgehead atoms. The Balaban J connectivity index is 1.93. The summed E-state index contributed by atoms with van der Waals surface area (Å²) in [7, 11) is 0. The number of rotatable bonds is 8. The van der Waals surface area contributed by atoms with Crippen molar-refractivity contribution in [2.24, 2.45) is 0 Å². The summed E-state index contributed by atoms with van der Waals surface area (Å²) in [5.41, 5.74) is 2.09. The summed E-state index contributed by atoms with van der Waals surface area (Å²) in [6.45, 7) is 6.20. The lowest BCUT2D eigenvalue weighted by Gasteiger charge is -2.27. The van der Waals surface area contributed by atoms with Gasteiger partial charge in [0, 0.05) is 12.1 Å². The zero-order valence-corrected chi connectivity index (χ0v) is 18.9. The fourth-order valence-electron chi connectivity index (χ4n) is 3.47. The number of nitriles is 1. The lowest BCUT2D eigenvalue weighted by Crippen LogP contribution is -2.43. The van der Waals surface area contributed by atoms with Crippen molar-refractivity contribution in [1.82, 2.24) is 4.90 Å². The largest absolute Gasteiger partial charge is 0.490 e. The summed E-state index contributed by atoms with van der Waals surface area (Å²) in [6, 6.07) is 13.2. The molecule has 0 aliphatic carbocycles. The van der Waals surface area contributed by atoms with E-state index in [1.54, 1.807) is 43.3 Å². The molecule has 7 heteroatoms.